The Kier molecular flexibility index (Phi) is 6.19. The molecule has 3 aromatic heterocycles. The highest BCUT2D eigenvalue weighted by Crippen LogP contribution is 2.62. The zero-order valence-corrected chi connectivity index (χ0v) is 20.0. The normalized spacial score (nSPS) is 21.6. The van der Waals surface area contributed by atoms with Crippen LogP contribution in [0.2, 0.25) is 0 Å². The van der Waals surface area contributed by atoms with Crippen LogP contribution >= 0.6 is 0 Å². The smallest absolute Gasteiger partial charge is 0.223 e. The van der Waals surface area contributed by atoms with Crippen molar-refractivity contribution in [2.75, 3.05) is 25.5 Å². The van der Waals surface area contributed by atoms with Crippen LogP contribution in [0.15, 0.2) is 24.5 Å². The van der Waals surface area contributed by atoms with Crippen molar-refractivity contribution >= 4 is 11.6 Å². The van der Waals surface area contributed by atoms with E-state index < -0.39 is 0 Å². The maximum atomic E-state index is 5.69. The van der Waals surface area contributed by atoms with Crippen molar-refractivity contribution in [3.63, 3.8) is 0 Å². The summed E-state index contributed by atoms with van der Waals surface area (Å²) >= 11 is 0. The molecule has 1 saturated heterocycles. The van der Waals surface area contributed by atoms with Gasteiger partial charge in [0.15, 0.2) is 5.65 Å². The lowest BCUT2D eigenvalue weighted by Gasteiger charge is -2.54. The average Bonchev–Trinajstić information content (AvgIpc) is 3.22. The molecule has 6 rings (SSSR count). The molecule has 1 unspecified atom stereocenters. The Hall–Kier alpha value is -2.74. The van der Waals surface area contributed by atoms with Crippen molar-refractivity contribution in [3.05, 3.63) is 30.2 Å². The second kappa shape index (κ2) is 9.25. The minimum absolute atomic E-state index is 0.359. The molecule has 0 bridgehead atoms. The van der Waals surface area contributed by atoms with E-state index in [9.17, 15) is 0 Å². The summed E-state index contributed by atoms with van der Waals surface area (Å²) in [6.45, 7) is 6.03. The molecule has 1 aliphatic heterocycles. The Morgan fingerprint density at radius 1 is 1.18 bits per heavy atom. The molecule has 3 aromatic rings. The maximum Gasteiger partial charge on any atom is 0.223 e. The molecule has 0 radical (unpaired) electrons. The summed E-state index contributed by atoms with van der Waals surface area (Å²) in [5, 5.41) is 11.9. The molecule has 1 spiro atoms. The summed E-state index contributed by atoms with van der Waals surface area (Å²) in [5.41, 5.74) is 4.11. The summed E-state index contributed by atoms with van der Waals surface area (Å²) < 4.78 is 7.61. The lowest BCUT2D eigenvalue weighted by Crippen LogP contribution is -2.41. The number of anilines is 1. The zero-order chi connectivity index (χ0) is 22.8. The Balaban J connectivity index is 0.00000111. The summed E-state index contributed by atoms with van der Waals surface area (Å²) in [6, 6.07) is 4.29. The minimum Gasteiger partial charge on any atom is -0.495 e. The highest BCUT2D eigenvalue weighted by molar-refractivity contribution is 5.61. The van der Waals surface area contributed by atoms with Gasteiger partial charge in [0.2, 0.25) is 5.95 Å². The molecule has 2 N–H and O–H groups in total. The molecular formula is C25H35N7O. The molecule has 33 heavy (non-hydrogen) atoms. The van der Waals surface area contributed by atoms with E-state index in [4.69, 9.17) is 14.8 Å². The van der Waals surface area contributed by atoms with Crippen LogP contribution in [-0.2, 0) is 0 Å². The number of nitrogens with zero attached hydrogens (tertiary/aromatic N) is 5. The van der Waals surface area contributed by atoms with Crippen LogP contribution in [0, 0.1) is 5.41 Å². The second-order valence-electron chi connectivity index (χ2n) is 9.42. The fourth-order valence-corrected chi connectivity index (χ4v) is 5.53. The van der Waals surface area contributed by atoms with Crippen LogP contribution in [0.1, 0.15) is 70.4 Å². The molecule has 3 aliphatic rings. The van der Waals surface area contributed by atoms with Crippen LogP contribution in [0.3, 0.4) is 0 Å². The molecule has 0 amide bonds. The number of methoxy groups -OCH3 is 1. The quantitative estimate of drug-likeness (QED) is 0.595. The molecule has 176 valence electrons. The van der Waals surface area contributed by atoms with Gasteiger partial charge in [-0.3, -0.25) is 0 Å². The van der Waals surface area contributed by atoms with E-state index in [1.54, 1.807) is 13.3 Å². The first-order valence-electron chi connectivity index (χ1n) is 12.5. The molecule has 0 aromatic carbocycles. The SMILES string of the molecule is CC.COc1cc2ncc(-c3ccnc(NC4CCCNC4)n3)n2nc1C1CC2(CCC2)C1. The van der Waals surface area contributed by atoms with Crippen LogP contribution < -0.4 is 15.4 Å². The van der Waals surface area contributed by atoms with Gasteiger partial charge >= 0.3 is 0 Å². The van der Waals surface area contributed by atoms with Crippen LogP contribution in [0.4, 0.5) is 5.95 Å². The van der Waals surface area contributed by atoms with Gasteiger partial charge in [-0.2, -0.15) is 5.10 Å². The van der Waals surface area contributed by atoms with Gasteiger partial charge in [0, 0.05) is 30.8 Å². The number of hydrogen-bond donors (Lipinski definition) is 2. The molecular weight excluding hydrogens is 414 g/mol. The summed E-state index contributed by atoms with van der Waals surface area (Å²) in [4.78, 5) is 13.8. The Labute approximate surface area is 195 Å². The van der Waals surface area contributed by atoms with Gasteiger partial charge in [-0.25, -0.2) is 19.5 Å². The zero-order valence-electron chi connectivity index (χ0n) is 20.0. The lowest BCUT2D eigenvalue weighted by atomic mass is 9.51. The number of ether oxygens (including phenoxy) is 1. The first kappa shape index (κ1) is 22.1. The monoisotopic (exact) mass is 449 g/mol. The van der Waals surface area contributed by atoms with Crippen molar-refractivity contribution in [2.45, 2.75) is 70.8 Å². The van der Waals surface area contributed by atoms with Gasteiger partial charge < -0.3 is 15.4 Å². The van der Waals surface area contributed by atoms with E-state index in [1.165, 1.54) is 38.5 Å². The molecule has 4 heterocycles. The number of nitrogens with one attached hydrogen (secondary N) is 2. The number of fused-ring (bicyclic) bond motifs is 1. The van der Waals surface area contributed by atoms with E-state index in [0.29, 0.717) is 23.3 Å². The lowest BCUT2D eigenvalue weighted by molar-refractivity contribution is 0.00648. The molecule has 2 aliphatic carbocycles. The van der Waals surface area contributed by atoms with Gasteiger partial charge in [-0.15, -0.1) is 0 Å². The fourth-order valence-electron chi connectivity index (χ4n) is 5.53. The van der Waals surface area contributed by atoms with Gasteiger partial charge in [-0.05, 0) is 56.6 Å². The van der Waals surface area contributed by atoms with E-state index in [-0.39, 0.29) is 0 Å². The number of piperidine rings is 1. The topological polar surface area (TPSA) is 89.3 Å². The second-order valence-corrected chi connectivity index (χ2v) is 9.42. The molecule has 1 atom stereocenters. The Morgan fingerprint density at radius 2 is 2.03 bits per heavy atom. The number of rotatable bonds is 5. The van der Waals surface area contributed by atoms with Crippen molar-refractivity contribution in [2.24, 2.45) is 5.41 Å². The minimum atomic E-state index is 0.359. The predicted octanol–water partition coefficient (Wildman–Crippen LogP) is 4.43. The van der Waals surface area contributed by atoms with Gasteiger partial charge in [0.05, 0.1) is 19.0 Å². The van der Waals surface area contributed by atoms with E-state index in [0.717, 1.165) is 48.0 Å². The van der Waals surface area contributed by atoms with Crippen molar-refractivity contribution in [3.8, 4) is 17.1 Å². The fraction of sp³-hybridized carbons (Fsp3) is 0.600. The Bertz CT molecular complexity index is 1090. The van der Waals surface area contributed by atoms with E-state index >= 15 is 0 Å². The van der Waals surface area contributed by atoms with Gasteiger partial charge in [-0.1, -0.05) is 20.3 Å². The number of aromatic nitrogens is 5. The molecule has 8 nitrogen and oxygen atoms in total. The van der Waals surface area contributed by atoms with Gasteiger partial charge in [0.1, 0.15) is 17.1 Å². The summed E-state index contributed by atoms with van der Waals surface area (Å²) in [6.07, 6.45) is 12.5. The van der Waals surface area contributed by atoms with Crippen molar-refractivity contribution < 1.29 is 4.74 Å². The maximum absolute atomic E-state index is 5.69. The van der Waals surface area contributed by atoms with Crippen LogP contribution in [0.25, 0.3) is 17.0 Å². The van der Waals surface area contributed by atoms with Crippen molar-refractivity contribution in [1.29, 1.82) is 0 Å². The Morgan fingerprint density at radius 3 is 2.73 bits per heavy atom. The van der Waals surface area contributed by atoms with Crippen LogP contribution in [-0.4, -0.2) is 50.8 Å². The average molecular weight is 450 g/mol. The van der Waals surface area contributed by atoms with Crippen LogP contribution in [0.5, 0.6) is 5.75 Å². The van der Waals surface area contributed by atoms with E-state index in [1.807, 2.05) is 36.7 Å². The van der Waals surface area contributed by atoms with Gasteiger partial charge in [0.25, 0.3) is 0 Å². The first-order chi connectivity index (χ1) is 16.2. The largest absolute Gasteiger partial charge is 0.495 e. The first-order valence-corrected chi connectivity index (χ1v) is 12.5. The third-order valence-corrected chi connectivity index (χ3v) is 7.41. The number of hydrogen-bond acceptors (Lipinski definition) is 7. The molecule has 8 heteroatoms. The molecule has 2 saturated carbocycles. The highest BCUT2D eigenvalue weighted by Gasteiger charge is 2.49. The number of imidazole rings is 1. The molecule has 3 fully saturated rings. The van der Waals surface area contributed by atoms with E-state index in [2.05, 4.69) is 20.6 Å². The standard InChI is InChI=1S/C23H29N7O.C2H6/c1-31-19-10-20-26-14-18(30(20)29-21(19)15-11-23(12-15)6-3-7-23)17-5-9-25-22(28-17)27-16-4-2-8-24-13-16;1-2/h5,9-10,14-16,24H,2-4,6-8,11-13H2,1H3,(H,25,27,28);1-2H3. The third kappa shape index (κ3) is 4.16. The summed E-state index contributed by atoms with van der Waals surface area (Å²) in [5.74, 6) is 1.97. The summed E-state index contributed by atoms with van der Waals surface area (Å²) in [7, 11) is 1.72. The third-order valence-electron chi connectivity index (χ3n) is 7.41. The highest BCUT2D eigenvalue weighted by atomic mass is 16.5. The predicted molar refractivity (Wildman–Crippen MR) is 130 cm³/mol. The van der Waals surface area contributed by atoms with Crippen molar-refractivity contribution in [1.82, 2.24) is 29.9 Å².